The van der Waals surface area contributed by atoms with Crippen molar-refractivity contribution in [3.05, 3.63) is 35.5 Å². The Kier molecular flexibility index (Phi) is 5.00. The minimum atomic E-state index is 0.542. The molecule has 0 bridgehead atoms. The van der Waals surface area contributed by atoms with Gasteiger partial charge < -0.3 is 10.6 Å². The van der Waals surface area contributed by atoms with Crippen molar-refractivity contribution in [2.24, 2.45) is 0 Å². The van der Waals surface area contributed by atoms with Crippen LogP contribution in [0.3, 0.4) is 0 Å². The van der Waals surface area contributed by atoms with Gasteiger partial charge in [0.05, 0.1) is 5.52 Å². The summed E-state index contributed by atoms with van der Waals surface area (Å²) in [5.74, 6) is 0. The van der Waals surface area contributed by atoms with E-state index in [1.54, 1.807) is 0 Å². The van der Waals surface area contributed by atoms with E-state index in [1.165, 1.54) is 0 Å². The van der Waals surface area contributed by atoms with Crippen molar-refractivity contribution in [1.82, 2.24) is 10.3 Å². The summed E-state index contributed by atoms with van der Waals surface area (Å²) < 4.78 is 0. The molecule has 19 heavy (non-hydrogen) atoms. The van der Waals surface area contributed by atoms with Crippen LogP contribution in [-0.4, -0.2) is 24.1 Å². The predicted octanol–water partition coefficient (Wildman–Crippen LogP) is 3.69. The molecule has 2 N–H and O–H groups in total. The molecule has 1 heterocycles. The zero-order valence-corrected chi connectivity index (χ0v) is 12.2. The first kappa shape index (κ1) is 14.1. The molecule has 0 amide bonds. The second-order valence-electron chi connectivity index (χ2n) is 4.91. The Morgan fingerprint density at radius 2 is 2.05 bits per heavy atom. The van der Waals surface area contributed by atoms with Crippen LogP contribution in [0.2, 0.25) is 5.02 Å². The minimum absolute atomic E-state index is 0.542. The van der Waals surface area contributed by atoms with Crippen LogP contribution in [0.4, 0.5) is 5.69 Å². The molecule has 0 atom stereocenters. The van der Waals surface area contributed by atoms with E-state index in [4.69, 9.17) is 11.6 Å². The lowest BCUT2D eigenvalue weighted by Crippen LogP contribution is -2.25. The first-order valence-electron chi connectivity index (χ1n) is 6.68. The van der Waals surface area contributed by atoms with E-state index in [-0.39, 0.29) is 0 Å². The zero-order chi connectivity index (χ0) is 13.7. The summed E-state index contributed by atoms with van der Waals surface area (Å²) in [5.41, 5.74) is 2.06. The normalized spacial score (nSPS) is 11.2. The quantitative estimate of drug-likeness (QED) is 0.791. The average Bonchev–Trinajstić information content (AvgIpc) is 2.38. The Morgan fingerprint density at radius 1 is 1.21 bits per heavy atom. The maximum atomic E-state index is 6.04. The van der Waals surface area contributed by atoms with Gasteiger partial charge in [-0.3, -0.25) is 4.98 Å². The highest BCUT2D eigenvalue weighted by atomic mass is 35.5. The summed E-state index contributed by atoms with van der Waals surface area (Å²) in [5, 5.41) is 8.67. The van der Waals surface area contributed by atoms with Crippen molar-refractivity contribution in [2.75, 3.05) is 18.4 Å². The lowest BCUT2D eigenvalue weighted by Gasteiger charge is -2.11. The smallest absolute Gasteiger partial charge is 0.0723 e. The van der Waals surface area contributed by atoms with Gasteiger partial charge in [0.1, 0.15) is 0 Å². The van der Waals surface area contributed by atoms with Crippen molar-refractivity contribution >= 4 is 28.2 Å². The van der Waals surface area contributed by atoms with Gasteiger partial charge in [-0.2, -0.15) is 0 Å². The molecule has 0 saturated carbocycles. The van der Waals surface area contributed by atoms with E-state index in [0.717, 1.165) is 41.1 Å². The van der Waals surface area contributed by atoms with E-state index in [9.17, 15) is 0 Å². The third-order valence-electron chi connectivity index (χ3n) is 2.93. The number of hydrogen-bond donors (Lipinski definition) is 2. The second-order valence-corrected chi connectivity index (χ2v) is 5.35. The number of fused-ring (bicyclic) bond motifs is 1. The summed E-state index contributed by atoms with van der Waals surface area (Å²) in [6.45, 7) is 6.28. The van der Waals surface area contributed by atoms with Gasteiger partial charge >= 0.3 is 0 Å². The Labute approximate surface area is 119 Å². The highest BCUT2D eigenvalue weighted by Crippen LogP contribution is 2.24. The molecule has 0 spiro atoms. The molecule has 1 aromatic carbocycles. The van der Waals surface area contributed by atoms with Crippen molar-refractivity contribution < 1.29 is 0 Å². The van der Waals surface area contributed by atoms with Gasteiger partial charge in [-0.15, -0.1) is 0 Å². The number of pyridine rings is 1. The Hall–Kier alpha value is -1.32. The van der Waals surface area contributed by atoms with Crippen molar-refractivity contribution in [3.8, 4) is 0 Å². The topological polar surface area (TPSA) is 37.0 Å². The van der Waals surface area contributed by atoms with E-state index >= 15 is 0 Å². The van der Waals surface area contributed by atoms with Gasteiger partial charge in [0, 0.05) is 34.9 Å². The maximum Gasteiger partial charge on any atom is 0.0723 e. The van der Waals surface area contributed by atoms with Gasteiger partial charge in [0.2, 0.25) is 0 Å². The number of benzene rings is 1. The van der Waals surface area contributed by atoms with Gasteiger partial charge in [-0.05, 0) is 37.2 Å². The number of nitrogens with one attached hydrogen (secondary N) is 2. The molecule has 0 aliphatic heterocycles. The summed E-state index contributed by atoms with van der Waals surface area (Å²) in [7, 11) is 0. The molecular formula is C15H20ClN3. The molecule has 0 aliphatic rings. The molecule has 1 aromatic heterocycles. The number of halogens is 1. The first-order chi connectivity index (χ1) is 9.16. The molecule has 2 rings (SSSR count). The van der Waals surface area contributed by atoms with Crippen LogP contribution in [0.1, 0.15) is 20.3 Å². The molecule has 102 valence electrons. The zero-order valence-electron chi connectivity index (χ0n) is 11.4. The molecule has 2 aromatic rings. The molecule has 0 unspecified atom stereocenters. The van der Waals surface area contributed by atoms with Crippen LogP contribution >= 0.6 is 11.6 Å². The van der Waals surface area contributed by atoms with Gasteiger partial charge in [0.15, 0.2) is 0 Å². The van der Waals surface area contributed by atoms with Gasteiger partial charge in [-0.25, -0.2) is 0 Å². The maximum absolute atomic E-state index is 6.04. The standard InChI is InChI=1S/C15H20ClN3/c1-11(2)17-7-3-8-18-15-6-9-19-14-5-4-12(16)10-13(14)15/h4-6,9-11,17H,3,7-8H2,1-2H3,(H,18,19). The van der Waals surface area contributed by atoms with E-state index in [0.29, 0.717) is 6.04 Å². The van der Waals surface area contributed by atoms with Crippen LogP contribution in [0.5, 0.6) is 0 Å². The highest BCUT2D eigenvalue weighted by molar-refractivity contribution is 6.31. The third-order valence-corrected chi connectivity index (χ3v) is 3.16. The Morgan fingerprint density at radius 3 is 2.84 bits per heavy atom. The first-order valence-corrected chi connectivity index (χ1v) is 7.06. The van der Waals surface area contributed by atoms with Crippen LogP contribution < -0.4 is 10.6 Å². The molecule has 0 fully saturated rings. The molecule has 0 saturated heterocycles. The molecule has 0 aliphatic carbocycles. The molecular weight excluding hydrogens is 258 g/mol. The number of hydrogen-bond acceptors (Lipinski definition) is 3. The molecule has 4 heteroatoms. The van der Waals surface area contributed by atoms with E-state index in [2.05, 4.69) is 29.5 Å². The highest BCUT2D eigenvalue weighted by Gasteiger charge is 2.02. The lowest BCUT2D eigenvalue weighted by molar-refractivity contribution is 0.578. The van der Waals surface area contributed by atoms with Crippen molar-refractivity contribution in [1.29, 1.82) is 0 Å². The minimum Gasteiger partial charge on any atom is -0.384 e. The van der Waals surface area contributed by atoms with Crippen molar-refractivity contribution in [3.63, 3.8) is 0 Å². The Balaban J connectivity index is 1.98. The predicted molar refractivity (Wildman–Crippen MR) is 83.0 cm³/mol. The number of nitrogens with zero attached hydrogens (tertiary/aromatic N) is 1. The molecule has 3 nitrogen and oxygen atoms in total. The summed E-state index contributed by atoms with van der Waals surface area (Å²) in [6, 6.07) is 8.31. The fourth-order valence-electron chi connectivity index (χ4n) is 1.97. The molecule has 0 radical (unpaired) electrons. The van der Waals surface area contributed by atoms with Crippen molar-refractivity contribution in [2.45, 2.75) is 26.3 Å². The van der Waals surface area contributed by atoms with Crippen LogP contribution in [0.25, 0.3) is 10.9 Å². The number of anilines is 1. The lowest BCUT2D eigenvalue weighted by atomic mass is 10.2. The average molecular weight is 278 g/mol. The third kappa shape index (κ3) is 4.08. The summed E-state index contributed by atoms with van der Waals surface area (Å²) in [6.07, 6.45) is 2.91. The summed E-state index contributed by atoms with van der Waals surface area (Å²) >= 11 is 6.04. The van der Waals surface area contributed by atoms with Crippen LogP contribution in [0.15, 0.2) is 30.5 Å². The van der Waals surface area contributed by atoms with Gasteiger partial charge in [0.25, 0.3) is 0 Å². The fraction of sp³-hybridized carbons (Fsp3) is 0.400. The number of aromatic nitrogens is 1. The van der Waals surface area contributed by atoms with Crippen LogP contribution in [-0.2, 0) is 0 Å². The second kappa shape index (κ2) is 6.73. The monoisotopic (exact) mass is 277 g/mol. The fourth-order valence-corrected chi connectivity index (χ4v) is 2.15. The number of rotatable bonds is 6. The SMILES string of the molecule is CC(C)NCCCNc1ccnc2ccc(Cl)cc12. The Bertz CT molecular complexity index is 540. The summed E-state index contributed by atoms with van der Waals surface area (Å²) in [4.78, 5) is 4.34. The van der Waals surface area contributed by atoms with Gasteiger partial charge in [-0.1, -0.05) is 25.4 Å². The van der Waals surface area contributed by atoms with E-state index < -0.39 is 0 Å². The largest absolute Gasteiger partial charge is 0.384 e. The van der Waals surface area contributed by atoms with Crippen LogP contribution in [0, 0.1) is 0 Å². The van der Waals surface area contributed by atoms with E-state index in [1.807, 2.05) is 30.5 Å².